The van der Waals surface area contributed by atoms with Crippen molar-refractivity contribution in [3.63, 3.8) is 0 Å². The van der Waals surface area contributed by atoms with Gasteiger partial charge in [0, 0.05) is 38.2 Å². The smallest absolute Gasteiger partial charge is 0.241 e. The van der Waals surface area contributed by atoms with Crippen molar-refractivity contribution in [1.29, 1.82) is 0 Å². The SMILES string of the molecule is O=C1CCN(CC(=O)N2CCCc3ccccc32)CC1. The Labute approximate surface area is 119 Å². The van der Waals surface area contributed by atoms with Crippen molar-refractivity contribution in [2.75, 3.05) is 31.1 Å². The van der Waals surface area contributed by atoms with Crippen LogP contribution in [-0.2, 0) is 16.0 Å². The Hall–Kier alpha value is -1.68. The molecule has 0 radical (unpaired) electrons. The molecule has 106 valence electrons. The van der Waals surface area contributed by atoms with Gasteiger partial charge in [-0.05, 0) is 24.5 Å². The van der Waals surface area contributed by atoms with Crippen molar-refractivity contribution >= 4 is 17.4 Å². The molecular weight excluding hydrogens is 252 g/mol. The molecule has 0 bridgehead atoms. The molecule has 0 atom stereocenters. The number of fused-ring (bicyclic) bond motifs is 1. The number of carbonyl (C=O) groups is 2. The van der Waals surface area contributed by atoms with Gasteiger partial charge in [-0.3, -0.25) is 14.5 Å². The number of amides is 1. The van der Waals surface area contributed by atoms with Crippen LogP contribution in [-0.4, -0.2) is 42.8 Å². The number of hydrogen-bond donors (Lipinski definition) is 0. The Balaban J connectivity index is 1.67. The normalized spacial score (nSPS) is 19.8. The van der Waals surface area contributed by atoms with Crippen molar-refractivity contribution in [3.8, 4) is 0 Å². The van der Waals surface area contributed by atoms with Gasteiger partial charge in [-0.15, -0.1) is 0 Å². The van der Waals surface area contributed by atoms with E-state index < -0.39 is 0 Å². The number of piperidine rings is 1. The number of ketones is 1. The van der Waals surface area contributed by atoms with E-state index in [1.54, 1.807) is 0 Å². The van der Waals surface area contributed by atoms with Crippen LogP contribution in [0.1, 0.15) is 24.8 Å². The summed E-state index contributed by atoms with van der Waals surface area (Å²) in [7, 11) is 0. The van der Waals surface area contributed by atoms with Crippen molar-refractivity contribution in [3.05, 3.63) is 29.8 Å². The van der Waals surface area contributed by atoms with Crippen LogP contribution in [0.25, 0.3) is 0 Å². The Morgan fingerprint density at radius 1 is 1.05 bits per heavy atom. The number of likely N-dealkylation sites (tertiary alicyclic amines) is 1. The minimum absolute atomic E-state index is 0.159. The van der Waals surface area contributed by atoms with Crippen LogP contribution < -0.4 is 4.90 Å². The Morgan fingerprint density at radius 2 is 1.80 bits per heavy atom. The highest BCUT2D eigenvalue weighted by Gasteiger charge is 2.25. The molecule has 0 saturated carbocycles. The predicted octanol–water partition coefficient (Wildman–Crippen LogP) is 1.63. The summed E-state index contributed by atoms with van der Waals surface area (Å²) in [5.74, 6) is 0.475. The van der Waals surface area contributed by atoms with E-state index in [0.717, 1.165) is 38.2 Å². The van der Waals surface area contributed by atoms with Crippen LogP contribution in [0.3, 0.4) is 0 Å². The van der Waals surface area contributed by atoms with E-state index in [1.165, 1.54) is 5.56 Å². The molecule has 0 unspecified atom stereocenters. The molecule has 2 heterocycles. The molecule has 1 aromatic rings. The Bertz CT molecular complexity index is 517. The average Bonchev–Trinajstić information content (AvgIpc) is 2.49. The summed E-state index contributed by atoms with van der Waals surface area (Å²) in [6, 6.07) is 8.16. The maximum absolute atomic E-state index is 12.5. The second kappa shape index (κ2) is 5.75. The molecule has 1 aromatic carbocycles. The van der Waals surface area contributed by atoms with E-state index >= 15 is 0 Å². The number of para-hydroxylation sites is 1. The van der Waals surface area contributed by atoms with E-state index in [2.05, 4.69) is 11.0 Å². The number of rotatable bonds is 2. The van der Waals surface area contributed by atoms with Crippen molar-refractivity contribution in [1.82, 2.24) is 4.90 Å². The monoisotopic (exact) mass is 272 g/mol. The molecule has 4 heteroatoms. The van der Waals surface area contributed by atoms with Gasteiger partial charge in [0.1, 0.15) is 5.78 Å². The molecule has 0 N–H and O–H groups in total. The van der Waals surface area contributed by atoms with Gasteiger partial charge in [-0.1, -0.05) is 18.2 Å². The van der Waals surface area contributed by atoms with Gasteiger partial charge in [0.25, 0.3) is 0 Å². The van der Waals surface area contributed by atoms with Crippen molar-refractivity contribution in [2.45, 2.75) is 25.7 Å². The number of benzene rings is 1. The number of hydrogen-bond acceptors (Lipinski definition) is 3. The minimum atomic E-state index is 0.159. The summed E-state index contributed by atoms with van der Waals surface area (Å²) in [5.41, 5.74) is 2.33. The fourth-order valence-electron chi connectivity index (χ4n) is 3.03. The van der Waals surface area contributed by atoms with Crippen LogP contribution in [0, 0.1) is 0 Å². The zero-order valence-corrected chi connectivity index (χ0v) is 11.7. The number of aryl methyl sites for hydroxylation is 1. The molecule has 1 saturated heterocycles. The van der Waals surface area contributed by atoms with Crippen molar-refractivity contribution in [2.24, 2.45) is 0 Å². The largest absolute Gasteiger partial charge is 0.311 e. The molecule has 4 nitrogen and oxygen atoms in total. The van der Waals surface area contributed by atoms with Gasteiger partial charge in [0.15, 0.2) is 0 Å². The molecule has 1 fully saturated rings. The summed E-state index contributed by atoms with van der Waals surface area (Å²) in [6.07, 6.45) is 3.26. The summed E-state index contributed by atoms with van der Waals surface area (Å²) in [6.45, 7) is 2.68. The third kappa shape index (κ3) is 2.75. The lowest BCUT2D eigenvalue weighted by Crippen LogP contribution is -2.45. The fraction of sp³-hybridized carbons (Fsp3) is 0.500. The molecule has 2 aliphatic heterocycles. The van der Waals surface area contributed by atoms with Crippen LogP contribution in [0.2, 0.25) is 0 Å². The van der Waals surface area contributed by atoms with E-state index in [4.69, 9.17) is 0 Å². The molecule has 0 aliphatic carbocycles. The predicted molar refractivity (Wildman–Crippen MR) is 77.8 cm³/mol. The Morgan fingerprint density at radius 3 is 2.60 bits per heavy atom. The van der Waals surface area contributed by atoms with E-state index in [1.807, 2.05) is 23.1 Å². The second-order valence-electron chi connectivity index (χ2n) is 5.59. The molecule has 1 amide bonds. The minimum Gasteiger partial charge on any atom is -0.311 e. The molecule has 0 aromatic heterocycles. The number of Topliss-reactive ketones (excluding diaryl/α,β-unsaturated/α-hetero) is 1. The quantitative estimate of drug-likeness (QED) is 0.821. The van der Waals surface area contributed by atoms with Gasteiger partial charge in [0.2, 0.25) is 5.91 Å². The van der Waals surface area contributed by atoms with Gasteiger partial charge in [0.05, 0.1) is 6.54 Å². The van der Waals surface area contributed by atoms with Crippen LogP contribution in [0.5, 0.6) is 0 Å². The van der Waals surface area contributed by atoms with E-state index in [0.29, 0.717) is 25.2 Å². The summed E-state index contributed by atoms with van der Waals surface area (Å²) in [5, 5.41) is 0. The Kier molecular flexibility index (Phi) is 3.83. The number of carbonyl (C=O) groups excluding carboxylic acids is 2. The first-order chi connectivity index (χ1) is 9.74. The van der Waals surface area contributed by atoms with E-state index in [-0.39, 0.29) is 5.91 Å². The molecule has 0 spiro atoms. The van der Waals surface area contributed by atoms with Crippen LogP contribution >= 0.6 is 0 Å². The molecule has 2 aliphatic rings. The van der Waals surface area contributed by atoms with Gasteiger partial charge in [-0.25, -0.2) is 0 Å². The molecular formula is C16H20N2O2. The van der Waals surface area contributed by atoms with Gasteiger partial charge in [-0.2, -0.15) is 0 Å². The second-order valence-corrected chi connectivity index (χ2v) is 5.59. The van der Waals surface area contributed by atoms with Crippen molar-refractivity contribution < 1.29 is 9.59 Å². The first-order valence-electron chi connectivity index (χ1n) is 7.36. The summed E-state index contributed by atoms with van der Waals surface area (Å²) >= 11 is 0. The lowest BCUT2D eigenvalue weighted by molar-refractivity contribution is -0.125. The first-order valence-corrected chi connectivity index (χ1v) is 7.36. The maximum Gasteiger partial charge on any atom is 0.241 e. The highest BCUT2D eigenvalue weighted by Crippen LogP contribution is 2.26. The molecule has 3 rings (SSSR count). The maximum atomic E-state index is 12.5. The molecule has 20 heavy (non-hydrogen) atoms. The third-order valence-corrected chi connectivity index (χ3v) is 4.18. The summed E-state index contributed by atoms with van der Waals surface area (Å²) in [4.78, 5) is 27.8. The highest BCUT2D eigenvalue weighted by atomic mass is 16.2. The van der Waals surface area contributed by atoms with Crippen LogP contribution in [0.15, 0.2) is 24.3 Å². The average molecular weight is 272 g/mol. The summed E-state index contributed by atoms with van der Waals surface area (Å²) < 4.78 is 0. The van der Waals surface area contributed by atoms with Crippen LogP contribution in [0.4, 0.5) is 5.69 Å². The third-order valence-electron chi connectivity index (χ3n) is 4.18. The first kappa shape index (κ1) is 13.3. The zero-order chi connectivity index (χ0) is 13.9. The highest BCUT2D eigenvalue weighted by molar-refractivity contribution is 5.96. The number of anilines is 1. The lowest BCUT2D eigenvalue weighted by Gasteiger charge is -2.32. The standard InChI is InChI=1S/C16H20N2O2/c19-14-7-10-17(11-8-14)12-16(20)18-9-3-5-13-4-1-2-6-15(13)18/h1-2,4,6H,3,5,7-12H2. The lowest BCUT2D eigenvalue weighted by atomic mass is 10.0. The zero-order valence-electron chi connectivity index (χ0n) is 11.7. The number of nitrogens with zero attached hydrogens (tertiary/aromatic N) is 2. The van der Waals surface area contributed by atoms with Gasteiger partial charge < -0.3 is 4.90 Å². The topological polar surface area (TPSA) is 40.6 Å². The van der Waals surface area contributed by atoms with Gasteiger partial charge >= 0.3 is 0 Å². The fourth-order valence-corrected chi connectivity index (χ4v) is 3.03. The van der Waals surface area contributed by atoms with E-state index in [9.17, 15) is 9.59 Å².